The molecule has 1 aliphatic heterocycles. The fourth-order valence-electron chi connectivity index (χ4n) is 2.49. The summed E-state index contributed by atoms with van der Waals surface area (Å²) in [6, 6.07) is 1.77. The first kappa shape index (κ1) is 14.6. The molecule has 1 saturated heterocycles. The van der Waals surface area contributed by atoms with Gasteiger partial charge in [0.05, 0.1) is 11.3 Å². The number of rotatable bonds is 3. The molecule has 1 fully saturated rings. The van der Waals surface area contributed by atoms with Crippen molar-refractivity contribution in [3.05, 3.63) is 23.0 Å². The fraction of sp³-hybridized carbons (Fsp3) is 0.462. The molecule has 20 heavy (non-hydrogen) atoms. The lowest BCUT2D eigenvalue weighted by Gasteiger charge is -2.41. The van der Waals surface area contributed by atoms with E-state index in [1.807, 2.05) is 11.8 Å². The van der Waals surface area contributed by atoms with Crippen LogP contribution in [0.25, 0.3) is 0 Å². The second-order valence-electron chi connectivity index (χ2n) is 4.64. The van der Waals surface area contributed by atoms with Gasteiger partial charge in [-0.3, -0.25) is 4.79 Å². The van der Waals surface area contributed by atoms with Crippen molar-refractivity contribution in [3.63, 3.8) is 0 Å². The standard InChI is InChI=1S/C13H16ClN3O3/c1-2-9-7-16(13(19)20)5-6-17(9)11-3-4-15-12(14)10(11)8-18/h3-4,8-9H,2,5-7H2,1H3,(H,19,20)/t9-/m0/s1. The lowest BCUT2D eigenvalue weighted by atomic mass is 10.1. The van der Waals surface area contributed by atoms with E-state index in [9.17, 15) is 9.59 Å². The van der Waals surface area contributed by atoms with E-state index in [1.54, 1.807) is 12.3 Å². The van der Waals surface area contributed by atoms with E-state index in [2.05, 4.69) is 4.98 Å². The number of pyridine rings is 1. The minimum atomic E-state index is -0.911. The highest BCUT2D eigenvalue weighted by molar-refractivity contribution is 6.32. The lowest BCUT2D eigenvalue weighted by molar-refractivity contribution is 0.112. The molecule has 7 heteroatoms. The van der Waals surface area contributed by atoms with Crippen LogP contribution in [0.3, 0.4) is 0 Å². The van der Waals surface area contributed by atoms with Crippen LogP contribution in [0.4, 0.5) is 10.5 Å². The van der Waals surface area contributed by atoms with Crippen LogP contribution in [0.1, 0.15) is 23.7 Å². The maximum atomic E-state index is 11.2. The first-order chi connectivity index (χ1) is 9.58. The minimum Gasteiger partial charge on any atom is -0.465 e. The average Bonchev–Trinajstić information content (AvgIpc) is 2.46. The van der Waals surface area contributed by atoms with Crippen molar-refractivity contribution in [2.75, 3.05) is 24.5 Å². The molecule has 2 heterocycles. The van der Waals surface area contributed by atoms with Gasteiger partial charge in [-0.15, -0.1) is 0 Å². The van der Waals surface area contributed by atoms with Crippen LogP contribution in [0.15, 0.2) is 12.3 Å². The van der Waals surface area contributed by atoms with E-state index in [0.29, 0.717) is 31.5 Å². The van der Waals surface area contributed by atoms with E-state index in [4.69, 9.17) is 16.7 Å². The van der Waals surface area contributed by atoms with Crippen LogP contribution in [0, 0.1) is 0 Å². The van der Waals surface area contributed by atoms with Gasteiger partial charge in [-0.2, -0.15) is 0 Å². The quantitative estimate of drug-likeness (QED) is 0.683. The molecule has 0 aliphatic carbocycles. The largest absolute Gasteiger partial charge is 0.465 e. The first-order valence-corrected chi connectivity index (χ1v) is 6.80. The Hall–Kier alpha value is -1.82. The van der Waals surface area contributed by atoms with Gasteiger partial charge in [-0.1, -0.05) is 18.5 Å². The summed E-state index contributed by atoms with van der Waals surface area (Å²) in [4.78, 5) is 29.6. The van der Waals surface area contributed by atoms with E-state index in [0.717, 1.165) is 12.1 Å². The molecule has 0 unspecified atom stereocenters. The van der Waals surface area contributed by atoms with Gasteiger partial charge in [0, 0.05) is 31.9 Å². The van der Waals surface area contributed by atoms with Gasteiger partial charge >= 0.3 is 6.09 Å². The van der Waals surface area contributed by atoms with Crippen molar-refractivity contribution in [1.82, 2.24) is 9.88 Å². The summed E-state index contributed by atoms with van der Waals surface area (Å²) in [5.74, 6) is 0. The topological polar surface area (TPSA) is 73.7 Å². The van der Waals surface area contributed by atoms with Gasteiger partial charge < -0.3 is 14.9 Å². The number of carboxylic acid groups (broad SMARTS) is 1. The molecule has 1 amide bonds. The van der Waals surface area contributed by atoms with Crippen LogP contribution in [0.5, 0.6) is 0 Å². The van der Waals surface area contributed by atoms with Gasteiger partial charge in [-0.25, -0.2) is 9.78 Å². The van der Waals surface area contributed by atoms with Crippen molar-refractivity contribution in [2.24, 2.45) is 0 Å². The number of carbonyl (C=O) groups is 2. The number of anilines is 1. The second-order valence-corrected chi connectivity index (χ2v) is 4.99. The Morgan fingerprint density at radius 3 is 2.95 bits per heavy atom. The van der Waals surface area contributed by atoms with Gasteiger partial charge in [0.1, 0.15) is 5.15 Å². The molecule has 2 rings (SSSR count). The molecule has 1 aromatic heterocycles. The van der Waals surface area contributed by atoms with Crippen LogP contribution in [-0.2, 0) is 0 Å². The first-order valence-electron chi connectivity index (χ1n) is 6.42. The zero-order valence-electron chi connectivity index (χ0n) is 11.1. The summed E-state index contributed by atoms with van der Waals surface area (Å²) < 4.78 is 0. The Labute approximate surface area is 122 Å². The Kier molecular flexibility index (Phi) is 4.44. The third kappa shape index (κ3) is 2.70. The zero-order valence-corrected chi connectivity index (χ0v) is 11.9. The summed E-state index contributed by atoms with van der Waals surface area (Å²) in [6.07, 6.45) is 2.12. The Balaban J connectivity index is 2.31. The summed E-state index contributed by atoms with van der Waals surface area (Å²) >= 11 is 5.95. The average molecular weight is 298 g/mol. The lowest BCUT2D eigenvalue weighted by Crippen LogP contribution is -2.54. The molecule has 1 atom stereocenters. The van der Waals surface area contributed by atoms with Crippen molar-refractivity contribution in [2.45, 2.75) is 19.4 Å². The van der Waals surface area contributed by atoms with Gasteiger partial charge in [0.2, 0.25) is 0 Å². The molecule has 0 saturated carbocycles. The van der Waals surface area contributed by atoms with E-state index in [1.165, 1.54) is 4.90 Å². The molecule has 0 radical (unpaired) electrons. The smallest absolute Gasteiger partial charge is 0.407 e. The number of aromatic nitrogens is 1. The van der Waals surface area contributed by atoms with E-state index < -0.39 is 6.09 Å². The maximum absolute atomic E-state index is 11.2. The fourth-order valence-corrected chi connectivity index (χ4v) is 2.69. The minimum absolute atomic E-state index is 0.0250. The molecular weight excluding hydrogens is 282 g/mol. The van der Waals surface area contributed by atoms with Crippen molar-refractivity contribution in [3.8, 4) is 0 Å². The highest BCUT2D eigenvalue weighted by Crippen LogP contribution is 2.28. The molecule has 1 N–H and O–H groups in total. The second kappa shape index (κ2) is 6.09. The molecule has 0 spiro atoms. The number of piperazine rings is 1. The van der Waals surface area contributed by atoms with Gasteiger partial charge in [0.25, 0.3) is 0 Å². The number of nitrogens with zero attached hydrogens (tertiary/aromatic N) is 3. The van der Waals surface area contributed by atoms with Gasteiger partial charge in [-0.05, 0) is 12.5 Å². The number of amides is 1. The Morgan fingerprint density at radius 1 is 1.60 bits per heavy atom. The highest BCUT2D eigenvalue weighted by Gasteiger charge is 2.30. The van der Waals surface area contributed by atoms with Crippen molar-refractivity contribution in [1.29, 1.82) is 0 Å². The van der Waals surface area contributed by atoms with E-state index >= 15 is 0 Å². The van der Waals surface area contributed by atoms with Crippen LogP contribution >= 0.6 is 11.6 Å². The normalized spacial score (nSPS) is 19.0. The molecule has 6 nitrogen and oxygen atoms in total. The number of hydrogen-bond donors (Lipinski definition) is 1. The van der Waals surface area contributed by atoms with Crippen LogP contribution < -0.4 is 4.90 Å². The SMILES string of the molecule is CC[C@H]1CN(C(=O)O)CCN1c1ccnc(Cl)c1C=O. The molecule has 1 aliphatic rings. The van der Waals surface area contributed by atoms with Crippen LogP contribution in [0.2, 0.25) is 5.15 Å². The number of aldehydes is 1. The summed E-state index contributed by atoms with van der Waals surface area (Å²) in [6.45, 7) is 3.35. The Bertz CT molecular complexity index is 524. The van der Waals surface area contributed by atoms with Crippen LogP contribution in [-0.4, -0.2) is 53.0 Å². The van der Waals surface area contributed by atoms with Gasteiger partial charge in [0.15, 0.2) is 6.29 Å². The molecule has 0 aromatic carbocycles. The molecule has 0 bridgehead atoms. The molecule has 108 valence electrons. The third-order valence-corrected chi connectivity index (χ3v) is 3.87. The predicted octanol–water partition coefficient (Wildman–Crippen LogP) is 2.13. The highest BCUT2D eigenvalue weighted by atomic mass is 35.5. The summed E-state index contributed by atoms with van der Waals surface area (Å²) in [5.41, 5.74) is 1.08. The Morgan fingerprint density at radius 2 is 2.35 bits per heavy atom. The number of carbonyl (C=O) groups excluding carboxylic acids is 1. The monoisotopic (exact) mass is 297 g/mol. The summed E-state index contributed by atoms with van der Waals surface area (Å²) in [7, 11) is 0. The zero-order chi connectivity index (χ0) is 14.7. The predicted molar refractivity (Wildman–Crippen MR) is 75.7 cm³/mol. The molecule has 1 aromatic rings. The third-order valence-electron chi connectivity index (χ3n) is 3.57. The van der Waals surface area contributed by atoms with Crippen molar-refractivity contribution >= 4 is 29.7 Å². The van der Waals surface area contributed by atoms with Crippen molar-refractivity contribution < 1.29 is 14.7 Å². The summed E-state index contributed by atoms with van der Waals surface area (Å²) in [5, 5.41) is 9.25. The number of hydrogen-bond acceptors (Lipinski definition) is 4. The molecular formula is C13H16ClN3O3. The van der Waals surface area contributed by atoms with E-state index in [-0.39, 0.29) is 11.2 Å². The number of halogens is 1. The maximum Gasteiger partial charge on any atom is 0.407 e.